The highest BCUT2D eigenvalue weighted by molar-refractivity contribution is 5.72. The minimum Gasteiger partial charge on any atom is -0.477 e. The van der Waals surface area contributed by atoms with Crippen LogP contribution in [0.15, 0.2) is 60.8 Å². The molecular weight excluding hydrogens is 739 g/mol. The molecule has 0 aromatic rings. The molecule has 0 bridgehead atoms. The van der Waals surface area contributed by atoms with Crippen LogP contribution in [0.2, 0.25) is 0 Å². The van der Waals surface area contributed by atoms with Crippen molar-refractivity contribution in [3.8, 4) is 0 Å². The molecule has 0 aliphatic heterocycles. The summed E-state index contributed by atoms with van der Waals surface area (Å²) in [5.41, 5.74) is 0. The molecule has 0 aromatic carbocycles. The third kappa shape index (κ3) is 40.2. The minimum absolute atomic E-state index is 0.0553. The summed E-state index contributed by atoms with van der Waals surface area (Å²) in [6.45, 7) is 4.59. The lowest BCUT2D eigenvalue weighted by atomic mass is 10.1. The number of quaternary nitrogens is 1. The molecule has 0 aliphatic rings. The molecule has 0 amide bonds. The van der Waals surface area contributed by atoms with Gasteiger partial charge in [-0.05, 0) is 77.0 Å². The van der Waals surface area contributed by atoms with Crippen LogP contribution in [0.1, 0.15) is 194 Å². The second kappa shape index (κ2) is 41.8. The second-order valence-electron chi connectivity index (χ2n) is 17.0. The van der Waals surface area contributed by atoms with Gasteiger partial charge in [-0.2, -0.15) is 0 Å². The summed E-state index contributed by atoms with van der Waals surface area (Å²) in [5.74, 6) is -1.49. The van der Waals surface area contributed by atoms with Crippen LogP contribution >= 0.6 is 0 Å². The van der Waals surface area contributed by atoms with Crippen molar-refractivity contribution in [3.05, 3.63) is 60.8 Å². The lowest BCUT2D eigenvalue weighted by molar-refractivity contribution is -0.887. The third-order valence-corrected chi connectivity index (χ3v) is 10.4. The van der Waals surface area contributed by atoms with Crippen molar-refractivity contribution in [2.45, 2.75) is 206 Å². The van der Waals surface area contributed by atoms with Crippen molar-refractivity contribution in [2.75, 3.05) is 41.0 Å². The zero-order valence-corrected chi connectivity index (χ0v) is 38.7. The third-order valence-electron chi connectivity index (χ3n) is 10.4. The molecule has 0 spiro atoms. The van der Waals surface area contributed by atoms with Gasteiger partial charge < -0.3 is 23.8 Å². The highest BCUT2D eigenvalue weighted by Gasteiger charge is 2.31. The highest BCUT2D eigenvalue weighted by Crippen LogP contribution is 2.14. The Hall–Kier alpha value is -2.97. The summed E-state index contributed by atoms with van der Waals surface area (Å²) in [7, 11) is 5.52. The van der Waals surface area contributed by atoms with E-state index in [1.807, 2.05) is 21.1 Å². The van der Waals surface area contributed by atoms with Crippen molar-refractivity contribution in [2.24, 2.45) is 0 Å². The van der Waals surface area contributed by atoms with E-state index in [0.717, 1.165) is 77.0 Å². The molecule has 8 heteroatoms. The standard InChI is InChI=1S/C51H89NO7/c1-6-8-10-12-14-16-18-20-21-22-23-24-25-26-27-28-29-30-32-33-35-37-39-41-49(53)58-46-47(45-57-44-43-48(51(55)56)52(3,4)5)59-50(54)42-40-38-36-34-31-19-17-15-13-11-9-7-2/h8,10,14-17,20-21,23-24,47-48H,6-7,9,11-13,18-19,22,25-46H2,1-5H3/p+1/b10-8+,16-14+,17-15+,21-20+,24-23+. The predicted molar refractivity (Wildman–Crippen MR) is 247 cm³/mol. The Morgan fingerprint density at radius 3 is 1.42 bits per heavy atom. The summed E-state index contributed by atoms with van der Waals surface area (Å²) in [4.78, 5) is 37.0. The molecule has 0 fully saturated rings. The number of aliphatic carboxylic acids is 1. The SMILES string of the molecule is CC/C=C/C/C=C/C/C=C/C/C=C/CCCCCCCCCCCCC(=O)OCC(COCCC(C(=O)O)[N+](C)(C)C)OC(=O)CCCCCCC/C=C/CCCCC. The van der Waals surface area contributed by atoms with Crippen LogP contribution in [-0.2, 0) is 28.6 Å². The second-order valence-corrected chi connectivity index (χ2v) is 17.0. The summed E-state index contributed by atoms with van der Waals surface area (Å²) >= 11 is 0. The average Bonchev–Trinajstić information content (AvgIpc) is 3.19. The number of carboxylic acids is 1. The quantitative estimate of drug-likeness (QED) is 0.0283. The number of hydrogen-bond acceptors (Lipinski definition) is 6. The molecule has 0 heterocycles. The van der Waals surface area contributed by atoms with Crippen LogP contribution in [0.5, 0.6) is 0 Å². The van der Waals surface area contributed by atoms with Crippen LogP contribution < -0.4 is 0 Å². The lowest BCUT2D eigenvalue weighted by Gasteiger charge is -2.31. The maximum absolute atomic E-state index is 12.7. The molecular formula is C51H90NO7+. The number of allylic oxidation sites excluding steroid dienone is 10. The van der Waals surface area contributed by atoms with E-state index in [4.69, 9.17) is 14.2 Å². The Labute approximate surface area is 362 Å². The number of esters is 2. The molecule has 2 atom stereocenters. The molecule has 0 aliphatic carbocycles. The first-order chi connectivity index (χ1) is 28.6. The molecule has 0 aromatic heterocycles. The Morgan fingerprint density at radius 2 is 0.949 bits per heavy atom. The zero-order valence-electron chi connectivity index (χ0n) is 38.7. The Kier molecular flexibility index (Phi) is 39.6. The molecule has 0 saturated carbocycles. The summed E-state index contributed by atoms with van der Waals surface area (Å²) < 4.78 is 17.3. The molecule has 2 unspecified atom stereocenters. The van der Waals surface area contributed by atoms with Gasteiger partial charge in [0.05, 0.1) is 34.4 Å². The van der Waals surface area contributed by atoms with Gasteiger partial charge in [-0.15, -0.1) is 0 Å². The average molecular weight is 829 g/mol. The number of likely N-dealkylation sites (N-methyl/N-ethyl adjacent to an activating group) is 1. The molecule has 59 heavy (non-hydrogen) atoms. The first-order valence-electron chi connectivity index (χ1n) is 23.8. The Balaban J connectivity index is 4.22. The van der Waals surface area contributed by atoms with Gasteiger partial charge in [0, 0.05) is 19.3 Å². The normalized spacial score (nSPS) is 13.4. The summed E-state index contributed by atoms with van der Waals surface area (Å²) in [6.07, 6.45) is 51.2. The van der Waals surface area contributed by atoms with Gasteiger partial charge >= 0.3 is 17.9 Å². The van der Waals surface area contributed by atoms with Crippen molar-refractivity contribution in [1.82, 2.24) is 0 Å². The van der Waals surface area contributed by atoms with E-state index < -0.39 is 18.1 Å². The Morgan fingerprint density at radius 1 is 0.525 bits per heavy atom. The number of rotatable bonds is 42. The molecule has 340 valence electrons. The van der Waals surface area contributed by atoms with Gasteiger partial charge in [-0.25, -0.2) is 4.79 Å². The topological polar surface area (TPSA) is 99.1 Å². The first kappa shape index (κ1) is 56.0. The van der Waals surface area contributed by atoms with Crippen molar-refractivity contribution in [3.63, 3.8) is 0 Å². The Bertz CT molecular complexity index is 1150. The van der Waals surface area contributed by atoms with Gasteiger partial charge in [0.25, 0.3) is 0 Å². The smallest absolute Gasteiger partial charge is 0.362 e. The molecule has 0 saturated heterocycles. The zero-order chi connectivity index (χ0) is 43.5. The number of ether oxygens (including phenoxy) is 3. The largest absolute Gasteiger partial charge is 0.477 e. The van der Waals surface area contributed by atoms with E-state index >= 15 is 0 Å². The molecule has 8 nitrogen and oxygen atoms in total. The van der Waals surface area contributed by atoms with Crippen molar-refractivity contribution in [1.29, 1.82) is 0 Å². The number of carbonyl (C=O) groups excluding carboxylic acids is 2. The maximum Gasteiger partial charge on any atom is 0.362 e. The predicted octanol–water partition coefficient (Wildman–Crippen LogP) is 13.4. The van der Waals surface area contributed by atoms with E-state index in [9.17, 15) is 19.5 Å². The fraction of sp³-hybridized carbons (Fsp3) is 0.745. The van der Waals surface area contributed by atoms with Crippen LogP contribution in [0.4, 0.5) is 0 Å². The highest BCUT2D eigenvalue weighted by atomic mass is 16.6. The lowest BCUT2D eigenvalue weighted by Crippen LogP contribution is -2.50. The van der Waals surface area contributed by atoms with Crippen molar-refractivity contribution < 1.29 is 38.2 Å². The fourth-order valence-corrected chi connectivity index (χ4v) is 6.72. The van der Waals surface area contributed by atoms with Gasteiger partial charge in [0.15, 0.2) is 12.1 Å². The van der Waals surface area contributed by atoms with Crippen molar-refractivity contribution >= 4 is 17.9 Å². The number of carbonyl (C=O) groups is 3. The summed E-state index contributed by atoms with van der Waals surface area (Å²) in [5, 5.41) is 9.63. The molecule has 1 N–H and O–H groups in total. The molecule has 0 radical (unpaired) electrons. The monoisotopic (exact) mass is 829 g/mol. The van der Waals surface area contributed by atoms with Crippen LogP contribution in [0, 0.1) is 0 Å². The van der Waals surface area contributed by atoms with E-state index in [2.05, 4.69) is 74.6 Å². The number of carboxylic acid groups (broad SMARTS) is 1. The van der Waals surface area contributed by atoms with Gasteiger partial charge in [0.1, 0.15) is 6.61 Å². The maximum atomic E-state index is 12.7. The van der Waals surface area contributed by atoms with Gasteiger partial charge in [0.2, 0.25) is 0 Å². The number of hydrogen-bond donors (Lipinski definition) is 1. The number of nitrogens with zero attached hydrogens (tertiary/aromatic N) is 1. The number of unbranched alkanes of at least 4 members (excludes halogenated alkanes) is 18. The van der Waals surface area contributed by atoms with E-state index in [0.29, 0.717) is 19.3 Å². The van der Waals surface area contributed by atoms with E-state index in [-0.39, 0.29) is 36.2 Å². The van der Waals surface area contributed by atoms with Gasteiger partial charge in [-0.3, -0.25) is 9.59 Å². The van der Waals surface area contributed by atoms with E-state index in [1.54, 1.807) is 0 Å². The van der Waals surface area contributed by atoms with Crippen LogP contribution in [0.25, 0.3) is 0 Å². The van der Waals surface area contributed by atoms with E-state index in [1.165, 1.54) is 83.5 Å². The van der Waals surface area contributed by atoms with Crippen LogP contribution in [0.3, 0.4) is 0 Å². The molecule has 0 rings (SSSR count). The van der Waals surface area contributed by atoms with Gasteiger partial charge in [-0.1, -0.05) is 158 Å². The minimum atomic E-state index is -0.878. The summed E-state index contributed by atoms with van der Waals surface area (Å²) in [6, 6.07) is -0.618. The van der Waals surface area contributed by atoms with Crippen LogP contribution in [-0.4, -0.2) is 80.6 Å². The fourth-order valence-electron chi connectivity index (χ4n) is 6.72. The first-order valence-corrected chi connectivity index (χ1v) is 23.8.